The van der Waals surface area contributed by atoms with Crippen molar-refractivity contribution in [1.82, 2.24) is 15.5 Å². The van der Waals surface area contributed by atoms with Gasteiger partial charge in [-0.1, -0.05) is 0 Å². The minimum atomic E-state index is -1.44. The van der Waals surface area contributed by atoms with Crippen molar-refractivity contribution in [3.8, 4) is 0 Å². The van der Waals surface area contributed by atoms with E-state index in [4.69, 9.17) is 22.3 Å². The molecular weight excluding hydrogens is 466 g/mol. The molecule has 35 heavy (non-hydrogen) atoms. The van der Waals surface area contributed by atoms with Gasteiger partial charge in [0.1, 0.15) is 18.1 Å². The van der Waals surface area contributed by atoms with Crippen LogP contribution in [0.4, 0.5) is 0 Å². The Kier molecular flexibility index (Phi) is 11.9. The maximum atomic E-state index is 13.1. The van der Waals surface area contributed by atoms with Crippen molar-refractivity contribution in [3.63, 3.8) is 0 Å². The van der Waals surface area contributed by atoms with Gasteiger partial charge in [0.05, 0.1) is 12.1 Å². The molecule has 15 heteroatoms. The van der Waals surface area contributed by atoms with Crippen molar-refractivity contribution >= 4 is 35.6 Å². The molecule has 198 valence electrons. The number of likely N-dealkylation sites (tertiary alicyclic amines) is 1. The molecule has 1 fully saturated rings. The molecule has 0 spiro atoms. The van der Waals surface area contributed by atoms with Gasteiger partial charge in [0.25, 0.3) is 0 Å². The smallest absolute Gasteiger partial charge is 0.326 e. The Bertz CT molecular complexity index is 815. The number of carboxylic acid groups (broad SMARTS) is 2. The maximum absolute atomic E-state index is 13.1. The van der Waals surface area contributed by atoms with E-state index in [1.807, 2.05) is 0 Å². The summed E-state index contributed by atoms with van der Waals surface area (Å²) in [6, 6.07) is -4.87. The monoisotopic (exact) mass is 501 g/mol. The molecule has 0 aliphatic carbocycles. The molecule has 5 atom stereocenters. The molecule has 0 radical (unpaired) electrons. The topological polar surface area (TPSA) is 264 Å². The van der Waals surface area contributed by atoms with Crippen LogP contribution in [-0.4, -0.2) is 99.2 Å². The number of hydrogen-bond acceptors (Lipinski definition) is 8. The number of nitrogens with one attached hydrogen (secondary N) is 2. The zero-order chi connectivity index (χ0) is 26.7. The minimum absolute atomic E-state index is 0.0939. The van der Waals surface area contributed by atoms with Crippen LogP contribution in [-0.2, 0) is 24.0 Å². The second-order valence-corrected chi connectivity index (χ2v) is 8.30. The largest absolute Gasteiger partial charge is 0.481 e. The van der Waals surface area contributed by atoms with Gasteiger partial charge in [0.15, 0.2) is 5.96 Å². The Morgan fingerprint density at radius 2 is 1.77 bits per heavy atom. The first-order valence-electron chi connectivity index (χ1n) is 11.2. The SMILES string of the molecule is CC(O)C(NC(=O)C(N)CCCN=C(N)N)C(=O)N1CCCC1C(=O)NC(CCC(=O)O)C(=O)O. The van der Waals surface area contributed by atoms with E-state index in [0.29, 0.717) is 12.8 Å². The van der Waals surface area contributed by atoms with Crippen LogP contribution in [0.3, 0.4) is 0 Å². The van der Waals surface area contributed by atoms with E-state index in [-0.39, 0.29) is 38.3 Å². The quantitative estimate of drug-likeness (QED) is 0.0662. The van der Waals surface area contributed by atoms with E-state index in [1.54, 1.807) is 0 Å². The molecule has 15 nitrogen and oxygen atoms in total. The molecule has 1 rings (SSSR count). The summed E-state index contributed by atoms with van der Waals surface area (Å²) in [6.45, 7) is 1.70. The highest BCUT2D eigenvalue weighted by atomic mass is 16.4. The molecule has 1 saturated heterocycles. The molecule has 11 N–H and O–H groups in total. The van der Waals surface area contributed by atoms with Crippen LogP contribution < -0.4 is 27.8 Å². The summed E-state index contributed by atoms with van der Waals surface area (Å²) in [4.78, 5) is 65.4. The standard InChI is InChI=1S/C20H35N7O8/c1-10(28)15(26-16(31)11(21)4-2-8-24-20(22)23)18(33)27-9-3-5-13(27)17(32)25-12(19(34)35)6-7-14(29)30/h10-13,15,28H,2-9,21H2,1H3,(H,25,32)(H,26,31)(H,29,30)(H,34,35)(H4,22,23,24). The van der Waals surface area contributed by atoms with Crippen LogP contribution in [0.15, 0.2) is 4.99 Å². The van der Waals surface area contributed by atoms with Gasteiger partial charge in [-0.05, 0) is 39.0 Å². The fraction of sp³-hybridized carbons (Fsp3) is 0.700. The predicted octanol–water partition coefficient (Wildman–Crippen LogP) is -3.34. The first-order valence-corrected chi connectivity index (χ1v) is 11.2. The molecule has 0 aromatic carbocycles. The highest BCUT2D eigenvalue weighted by Crippen LogP contribution is 2.20. The number of rotatable bonds is 14. The Labute approximate surface area is 202 Å². The fourth-order valence-electron chi connectivity index (χ4n) is 3.57. The van der Waals surface area contributed by atoms with Gasteiger partial charge in [-0.15, -0.1) is 0 Å². The van der Waals surface area contributed by atoms with Gasteiger partial charge in [0, 0.05) is 19.5 Å². The maximum Gasteiger partial charge on any atom is 0.326 e. The molecule has 0 saturated carbocycles. The zero-order valence-electron chi connectivity index (χ0n) is 19.6. The number of amides is 3. The van der Waals surface area contributed by atoms with Crippen molar-refractivity contribution in [2.75, 3.05) is 13.1 Å². The first kappa shape index (κ1) is 29.6. The first-order chi connectivity index (χ1) is 16.3. The van der Waals surface area contributed by atoms with E-state index in [1.165, 1.54) is 6.92 Å². The number of carboxylic acids is 2. The Morgan fingerprint density at radius 3 is 2.31 bits per heavy atom. The average Bonchev–Trinajstić information content (AvgIpc) is 3.26. The number of carbonyl (C=O) groups is 5. The highest BCUT2D eigenvalue weighted by molar-refractivity contribution is 5.94. The Hall–Kier alpha value is -3.46. The van der Waals surface area contributed by atoms with Crippen molar-refractivity contribution in [2.45, 2.75) is 75.7 Å². The van der Waals surface area contributed by atoms with E-state index in [9.17, 15) is 34.2 Å². The van der Waals surface area contributed by atoms with Gasteiger partial charge in [0.2, 0.25) is 17.7 Å². The summed E-state index contributed by atoms with van der Waals surface area (Å²) >= 11 is 0. The van der Waals surface area contributed by atoms with Gasteiger partial charge >= 0.3 is 11.9 Å². The molecule has 1 heterocycles. The number of guanidine groups is 1. The Morgan fingerprint density at radius 1 is 1.11 bits per heavy atom. The fourth-order valence-corrected chi connectivity index (χ4v) is 3.57. The molecule has 0 bridgehead atoms. The van der Waals surface area contributed by atoms with Crippen LogP contribution >= 0.6 is 0 Å². The normalized spacial score (nSPS) is 18.6. The lowest BCUT2D eigenvalue weighted by atomic mass is 10.1. The summed E-state index contributed by atoms with van der Waals surface area (Å²) in [5, 5.41) is 32.9. The van der Waals surface area contributed by atoms with Crippen LogP contribution in [0.5, 0.6) is 0 Å². The third-order valence-corrected chi connectivity index (χ3v) is 5.45. The van der Waals surface area contributed by atoms with E-state index in [0.717, 1.165) is 4.90 Å². The molecule has 0 aromatic rings. The van der Waals surface area contributed by atoms with Crippen LogP contribution in [0.1, 0.15) is 45.4 Å². The summed E-state index contributed by atoms with van der Waals surface area (Å²) in [7, 11) is 0. The van der Waals surface area contributed by atoms with Crippen molar-refractivity contribution in [2.24, 2.45) is 22.2 Å². The predicted molar refractivity (Wildman–Crippen MR) is 123 cm³/mol. The van der Waals surface area contributed by atoms with Gasteiger partial charge in [-0.3, -0.25) is 24.2 Å². The van der Waals surface area contributed by atoms with Gasteiger partial charge in [-0.2, -0.15) is 0 Å². The number of nitrogens with two attached hydrogens (primary N) is 3. The lowest BCUT2D eigenvalue weighted by Gasteiger charge is -2.31. The molecular formula is C20H35N7O8. The second-order valence-electron chi connectivity index (χ2n) is 8.30. The van der Waals surface area contributed by atoms with Gasteiger partial charge in [-0.25, -0.2) is 4.79 Å². The number of carbonyl (C=O) groups excluding carboxylic acids is 3. The molecule has 1 aliphatic heterocycles. The number of aliphatic hydroxyl groups excluding tert-OH is 1. The van der Waals surface area contributed by atoms with Crippen LogP contribution in [0.2, 0.25) is 0 Å². The van der Waals surface area contributed by atoms with E-state index in [2.05, 4.69) is 15.6 Å². The third kappa shape index (κ3) is 9.74. The van der Waals surface area contributed by atoms with Crippen LogP contribution in [0.25, 0.3) is 0 Å². The van der Waals surface area contributed by atoms with Crippen molar-refractivity contribution in [1.29, 1.82) is 0 Å². The lowest BCUT2D eigenvalue weighted by molar-refractivity contribution is -0.146. The van der Waals surface area contributed by atoms with E-state index >= 15 is 0 Å². The zero-order valence-corrected chi connectivity index (χ0v) is 19.6. The molecule has 3 amide bonds. The molecule has 1 aliphatic rings. The third-order valence-electron chi connectivity index (χ3n) is 5.45. The lowest BCUT2D eigenvalue weighted by Crippen LogP contribution is -2.59. The van der Waals surface area contributed by atoms with E-state index < -0.39 is 66.4 Å². The Balaban J connectivity index is 2.83. The minimum Gasteiger partial charge on any atom is -0.481 e. The van der Waals surface area contributed by atoms with Crippen molar-refractivity contribution < 1.29 is 39.3 Å². The molecule has 0 aromatic heterocycles. The summed E-state index contributed by atoms with van der Waals surface area (Å²) < 4.78 is 0. The van der Waals surface area contributed by atoms with Gasteiger partial charge < -0.3 is 48.1 Å². The average molecular weight is 502 g/mol. The number of nitrogens with zero attached hydrogens (tertiary/aromatic N) is 2. The van der Waals surface area contributed by atoms with Crippen molar-refractivity contribution in [3.05, 3.63) is 0 Å². The second kappa shape index (κ2) is 14.1. The summed E-state index contributed by atoms with van der Waals surface area (Å²) in [6.07, 6.45) is -0.829. The molecule has 5 unspecified atom stereocenters. The summed E-state index contributed by atoms with van der Waals surface area (Å²) in [5.74, 6) is -4.89. The number of hydrogen-bond donors (Lipinski definition) is 8. The summed E-state index contributed by atoms with van der Waals surface area (Å²) in [5.41, 5.74) is 16.3. The number of aliphatic imine (C=N–C) groups is 1. The van der Waals surface area contributed by atoms with Crippen LogP contribution in [0, 0.1) is 0 Å². The number of aliphatic hydroxyl groups is 1. The highest BCUT2D eigenvalue weighted by Gasteiger charge is 2.40. The number of aliphatic carboxylic acids is 2.